The third-order valence-electron chi connectivity index (χ3n) is 2.85. The molecule has 1 N–H and O–H groups in total. The molecule has 0 spiro atoms. The number of hydrogen-bond donors (Lipinski definition) is 1. The van der Waals surface area contributed by atoms with E-state index in [-0.39, 0.29) is 12.0 Å². The van der Waals surface area contributed by atoms with E-state index in [0.29, 0.717) is 12.1 Å². The molecule has 4 heteroatoms. The van der Waals surface area contributed by atoms with Crippen molar-refractivity contribution in [2.45, 2.75) is 33.3 Å². The van der Waals surface area contributed by atoms with Crippen LogP contribution >= 0.6 is 0 Å². The van der Waals surface area contributed by atoms with Gasteiger partial charge in [-0.05, 0) is 32.9 Å². The lowest BCUT2D eigenvalue weighted by Crippen LogP contribution is -2.32. The van der Waals surface area contributed by atoms with Gasteiger partial charge in [0, 0.05) is 12.0 Å². The van der Waals surface area contributed by atoms with E-state index in [2.05, 4.69) is 10.5 Å². The molecule has 4 nitrogen and oxygen atoms in total. The van der Waals surface area contributed by atoms with Crippen molar-refractivity contribution in [3.8, 4) is 0 Å². The van der Waals surface area contributed by atoms with Gasteiger partial charge in [-0.3, -0.25) is 4.79 Å². The largest absolute Gasteiger partial charge is 0.390 e. The third kappa shape index (κ3) is 3.09. The highest BCUT2D eigenvalue weighted by atomic mass is 16.6. The zero-order valence-electron chi connectivity index (χ0n) is 11.0. The molecule has 96 valence electrons. The number of amides is 1. The van der Waals surface area contributed by atoms with Gasteiger partial charge in [0.25, 0.3) is 5.91 Å². The Morgan fingerprint density at radius 2 is 2.00 bits per heavy atom. The summed E-state index contributed by atoms with van der Waals surface area (Å²) in [7, 11) is 0. The second-order valence-corrected chi connectivity index (χ2v) is 4.84. The Morgan fingerprint density at radius 3 is 2.56 bits per heavy atom. The van der Waals surface area contributed by atoms with E-state index < -0.39 is 0 Å². The Morgan fingerprint density at radius 1 is 1.33 bits per heavy atom. The number of carbonyl (C=O) groups is 1. The summed E-state index contributed by atoms with van der Waals surface area (Å²) in [6.07, 6.45) is 0.757. The topological polar surface area (TPSA) is 50.7 Å². The van der Waals surface area contributed by atoms with Gasteiger partial charge in [-0.25, -0.2) is 0 Å². The lowest BCUT2D eigenvalue weighted by Gasteiger charge is -2.10. The Bertz CT molecular complexity index is 474. The molecule has 1 unspecified atom stereocenters. The fourth-order valence-corrected chi connectivity index (χ4v) is 2.09. The number of oxime groups is 1. The van der Waals surface area contributed by atoms with Crippen molar-refractivity contribution >= 4 is 11.6 Å². The van der Waals surface area contributed by atoms with Crippen LogP contribution in [0.1, 0.15) is 34.8 Å². The van der Waals surface area contributed by atoms with Crippen LogP contribution in [0, 0.1) is 13.8 Å². The highest BCUT2D eigenvalue weighted by Gasteiger charge is 2.19. The molecule has 0 radical (unpaired) electrons. The van der Waals surface area contributed by atoms with E-state index in [9.17, 15) is 4.79 Å². The summed E-state index contributed by atoms with van der Waals surface area (Å²) in [5, 5.41) is 6.74. The average Bonchev–Trinajstić information content (AvgIpc) is 2.70. The molecule has 0 fully saturated rings. The first-order valence-corrected chi connectivity index (χ1v) is 6.10. The van der Waals surface area contributed by atoms with Crippen LogP contribution in [-0.4, -0.2) is 24.3 Å². The molecular weight excluding hydrogens is 228 g/mol. The summed E-state index contributed by atoms with van der Waals surface area (Å²) in [5.74, 6) is -0.0602. The maximum Gasteiger partial charge on any atom is 0.251 e. The Kier molecular flexibility index (Phi) is 3.65. The molecule has 2 rings (SSSR count). The van der Waals surface area contributed by atoms with Crippen LogP contribution in [0.25, 0.3) is 0 Å². The summed E-state index contributed by atoms with van der Waals surface area (Å²) < 4.78 is 0. The molecule has 1 aromatic carbocycles. The van der Waals surface area contributed by atoms with Crippen molar-refractivity contribution in [2.24, 2.45) is 5.16 Å². The summed E-state index contributed by atoms with van der Waals surface area (Å²) in [6.45, 7) is 6.39. The Hall–Kier alpha value is -1.84. The van der Waals surface area contributed by atoms with Gasteiger partial charge in [0.1, 0.15) is 6.10 Å². The maximum absolute atomic E-state index is 12.0. The lowest BCUT2D eigenvalue weighted by molar-refractivity contribution is 0.0753. The van der Waals surface area contributed by atoms with Crippen LogP contribution in [0.4, 0.5) is 0 Å². The molecule has 1 aromatic rings. The van der Waals surface area contributed by atoms with Crippen molar-refractivity contribution in [2.75, 3.05) is 6.54 Å². The van der Waals surface area contributed by atoms with Crippen LogP contribution < -0.4 is 5.32 Å². The van der Waals surface area contributed by atoms with Crippen molar-refractivity contribution in [1.82, 2.24) is 5.32 Å². The minimum atomic E-state index is -0.0602. The van der Waals surface area contributed by atoms with Crippen molar-refractivity contribution < 1.29 is 9.63 Å². The second kappa shape index (κ2) is 5.21. The molecule has 0 aromatic heterocycles. The number of nitrogens with zero attached hydrogens (tertiary/aromatic N) is 1. The van der Waals surface area contributed by atoms with Crippen molar-refractivity contribution in [1.29, 1.82) is 0 Å². The maximum atomic E-state index is 12.0. The molecule has 1 aliphatic heterocycles. The Labute approximate surface area is 107 Å². The first-order chi connectivity index (χ1) is 8.54. The molecule has 18 heavy (non-hydrogen) atoms. The van der Waals surface area contributed by atoms with Crippen LogP contribution in [-0.2, 0) is 4.84 Å². The van der Waals surface area contributed by atoms with Crippen LogP contribution in [0.3, 0.4) is 0 Å². The van der Waals surface area contributed by atoms with Gasteiger partial charge in [0.05, 0.1) is 12.3 Å². The predicted octanol–water partition coefficient (Wildman–Crippen LogP) is 2.20. The van der Waals surface area contributed by atoms with Crippen molar-refractivity contribution in [3.05, 3.63) is 34.9 Å². The number of benzene rings is 1. The van der Waals surface area contributed by atoms with Gasteiger partial charge in [-0.2, -0.15) is 0 Å². The standard InChI is InChI=1S/C14H18N2O2/c1-9-4-10(2)6-12(5-9)14(17)15-8-13-7-11(3)16-18-13/h4-6,13H,7-8H2,1-3H3,(H,15,17). The first-order valence-electron chi connectivity index (χ1n) is 6.10. The molecule has 0 bridgehead atoms. The molecule has 1 heterocycles. The monoisotopic (exact) mass is 246 g/mol. The Balaban J connectivity index is 1.92. The van der Waals surface area contributed by atoms with Gasteiger partial charge in [0.15, 0.2) is 0 Å². The van der Waals surface area contributed by atoms with Crippen molar-refractivity contribution in [3.63, 3.8) is 0 Å². The molecule has 1 atom stereocenters. The number of carbonyl (C=O) groups excluding carboxylic acids is 1. The summed E-state index contributed by atoms with van der Waals surface area (Å²) in [6, 6.07) is 5.83. The first kappa shape index (κ1) is 12.6. The average molecular weight is 246 g/mol. The van der Waals surface area contributed by atoms with Gasteiger partial charge in [0.2, 0.25) is 0 Å². The highest BCUT2D eigenvalue weighted by molar-refractivity contribution is 5.94. The van der Waals surface area contributed by atoms with Gasteiger partial charge < -0.3 is 10.2 Å². The third-order valence-corrected chi connectivity index (χ3v) is 2.85. The number of rotatable bonds is 3. The van der Waals surface area contributed by atoms with E-state index in [4.69, 9.17) is 4.84 Å². The number of nitrogens with one attached hydrogen (secondary N) is 1. The fourth-order valence-electron chi connectivity index (χ4n) is 2.09. The molecule has 0 aliphatic carbocycles. The van der Waals surface area contributed by atoms with E-state index in [1.807, 2.05) is 39.0 Å². The van der Waals surface area contributed by atoms with Crippen LogP contribution in [0.5, 0.6) is 0 Å². The minimum absolute atomic E-state index is 0.0279. The second-order valence-electron chi connectivity index (χ2n) is 4.84. The molecule has 1 amide bonds. The number of aryl methyl sites for hydroxylation is 2. The smallest absolute Gasteiger partial charge is 0.251 e. The molecule has 0 saturated carbocycles. The molecule has 1 aliphatic rings. The predicted molar refractivity (Wildman–Crippen MR) is 70.8 cm³/mol. The van der Waals surface area contributed by atoms with E-state index in [1.165, 1.54) is 0 Å². The minimum Gasteiger partial charge on any atom is -0.390 e. The van der Waals surface area contributed by atoms with E-state index in [1.54, 1.807) is 0 Å². The van der Waals surface area contributed by atoms with Crippen LogP contribution in [0.2, 0.25) is 0 Å². The van der Waals surface area contributed by atoms with Gasteiger partial charge in [-0.15, -0.1) is 0 Å². The van der Waals surface area contributed by atoms with Gasteiger partial charge in [-0.1, -0.05) is 22.3 Å². The lowest BCUT2D eigenvalue weighted by atomic mass is 10.1. The fraction of sp³-hybridized carbons (Fsp3) is 0.429. The SMILES string of the molecule is CC1=NOC(CNC(=O)c2cc(C)cc(C)c2)C1. The molecule has 0 saturated heterocycles. The summed E-state index contributed by atoms with van der Waals surface area (Å²) in [4.78, 5) is 17.2. The van der Waals surface area contributed by atoms with E-state index in [0.717, 1.165) is 23.3 Å². The number of hydrogen-bond acceptors (Lipinski definition) is 3. The molecular formula is C14H18N2O2. The quantitative estimate of drug-likeness (QED) is 0.888. The zero-order valence-corrected chi connectivity index (χ0v) is 11.0. The normalized spacial score (nSPS) is 18.2. The van der Waals surface area contributed by atoms with E-state index >= 15 is 0 Å². The summed E-state index contributed by atoms with van der Waals surface area (Å²) >= 11 is 0. The van der Waals surface area contributed by atoms with Crippen LogP contribution in [0.15, 0.2) is 23.4 Å². The summed E-state index contributed by atoms with van der Waals surface area (Å²) in [5.41, 5.74) is 3.86. The highest BCUT2D eigenvalue weighted by Crippen LogP contribution is 2.11. The van der Waals surface area contributed by atoms with Gasteiger partial charge >= 0.3 is 0 Å². The zero-order chi connectivity index (χ0) is 13.1.